The zero-order chi connectivity index (χ0) is 16.9. The highest BCUT2D eigenvalue weighted by atomic mass is 35.5. The molecule has 0 bridgehead atoms. The zero-order valence-corrected chi connectivity index (χ0v) is 15.0. The van der Waals surface area contributed by atoms with Crippen molar-refractivity contribution in [3.8, 4) is 0 Å². The van der Waals surface area contributed by atoms with Gasteiger partial charge in [0.1, 0.15) is 0 Å². The van der Waals surface area contributed by atoms with Crippen LogP contribution in [0.25, 0.3) is 0 Å². The lowest BCUT2D eigenvalue weighted by atomic mass is 9.94. The summed E-state index contributed by atoms with van der Waals surface area (Å²) in [6.07, 6.45) is 1.89. The van der Waals surface area contributed by atoms with Gasteiger partial charge in [-0.2, -0.15) is 0 Å². The molecule has 23 heavy (non-hydrogen) atoms. The molecule has 124 valence electrons. The van der Waals surface area contributed by atoms with E-state index < -0.39 is 10.0 Å². The molecule has 0 aliphatic heterocycles. The lowest BCUT2D eigenvalue weighted by Crippen LogP contribution is -2.31. The van der Waals surface area contributed by atoms with Gasteiger partial charge in [-0.05, 0) is 42.2 Å². The quantitative estimate of drug-likeness (QED) is 0.734. The van der Waals surface area contributed by atoms with Crippen molar-refractivity contribution in [2.24, 2.45) is 0 Å². The first-order chi connectivity index (χ1) is 10.9. The van der Waals surface area contributed by atoms with E-state index in [9.17, 15) is 8.42 Å². The lowest BCUT2D eigenvalue weighted by Gasteiger charge is -2.24. The standard InChI is InChI=1S/C18H22ClNO2S/c1-3-8-16(15-9-7-10-17(19)13-15)14-20(2)23(21,22)18-11-5-4-6-12-18/h4-7,9-13,16H,3,8,14H2,1-2H3. The van der Waals surface area contributed by atoms with Gasteiger partial charge in [-0.1, -0.05) is 55.3 Å². The molecule has 0 heterocycles. The highest BCUT2D eigenvalue weighted by Crippen LogP contribution is 2.26. The third-order valence-electron chi connectivity index (χ3n) is 3.89. The molecule has 2 aromatic rings. The average molecular weight is 352 g/mol. The van der Waals surface area contributed by atoms with E-state index in [0.717, 1.165) is 18.4 Å². The minimum Gasteiger partial charge on any atom is -0.207 e. The van der Waals surface area contributed by atoms with Crippen LogP contribution >= 0.6 is 11.6 Å². The highest BCUT2D eigenvalue weighted by molar-refractivity contribution is 7.89. The number of halogens is 1. The zero-order valence-electron chi connectivity index (χ0n) is 13.4. The molecule has 5 heteroatoms. The molecule has 0 aromatic heterocycles. The molecular formula is C18H22ClNO2S. The minimum atomic E-state index is -3.47. The van der Waals surface area contributed by atoms with Crippen LogP contribution < -0.4 is 0 Å². The third kappa shape index (κ3) is 4.56. The summed E-state index contributed by atoms with van der Waals surface area (Å²) in [5.41, 5.74) is 1.08. The van der Waals surface area contributed by atoms with E-state index in [1.165, 1.54) is 4.31 Å². The van der Waals surface area contributed by atoms with Crippen LogP contribution in [0, 0.1) is 0 Å². The summed E-state index contributed by atoms with van der Waals surface area (Å²) >= 11 is 6.08. The van der Waals surface area contributed by atoms with E-state index in [1.54, 1.807) is 31.3 Å². The van der Waals surface area contributed by atoms with Crippen molar-refractivity contribution in [1.29, 1.82) is 0 Å². The normalized spacial score (nSPS) is 13.2. The molecule has 2 aromatic carbocycles. The molecule has 2 rings (SSSR count). The molecule has 0 N–H and O–H groups in total. The molecule has 0 radical (unpaired) electrons. The van der Waals surface area contributed by atoms with Gasteiger partial charge < -0.3 is 0 Å². The number of nitrogens with zero attached hydrogens (tertiary/aromatic N) is 1. The van der Waals surface area contributed by atoms with E-state index in [-0.39, 0.29) is 5.92 Å². The monoisotopic (exact) mass is 351 g/mol. The molecule has 0 saturated heterocycles. The van der Waals surface area contributed by atoms with Crippen molar-refractivity contribution in [2.45, 2.75) is 30.6 Å². The molecule has 1 atom stereocenters. The number of likely N-dealkylation sites (N-methyl/N-ethyl adjacent to an activating group) is 1. The third-order valence-corrected chi connectivity index (χ3v) is 5.96. The van der Waals surface area contributed by atoms with E-state index in [2.05, 4.69) is 6.92 Å². The summed E-state index contributed by atoms with van der Waals surface area (Å²) in [6.45, 7) is 2.54. The lowest BCUT2D eigenvalue weighted by molar-refractivity contribution is 0.423. The van der Waals surface area contributed by atoms with Crippen molar-refractivity contribution in [3.63, 3.8) is 0 Å². The first-order valence-electron chi connectivity index (χ1n) is 7.72. The average Bonchev–Trinajstić information content (AvgIpc) is 2.55. The Balaban J connectivity index is 2.23. The van der Waals surface area contributed by atoms with Crippen LogP contribution in [-0.2, 0) is 10.0 Å². The topological polar surface area (TPSA) is 37.4 Å². The fourth-order valence-corrected chi connectivity index (χ4v) is 4.09. The van der Waals surface area contributed by atoms with Gasteiger partial charge in [0.15, 0.2) is 0 Å². The van der Waals surface area contributed by atoms with Gasteiger partial charge in [-0.3, -0.25) is 0 Å². The van der Waals surface area contributed by atoms with Gasteiger partial charge in [0.25, 0.3) is 0 Å². The predicted octanol–water partition coefficient (Wildman–Crippen LogP) is 4.54. The van der Waals surface area contributed by atoms with E-state index in [1.807, 2.05) is 30.3 Å². The van der Waals surface area contributed by atoms with Crippen LogP contribution in [0.5, 0.6) is 0 Å². The summed E-state index contributed by atoms with van der Waals surface area (Å²) < 4.78 is 26.8. The second-order valence-electron chi connectivity index (χ2n) is 5.64. The second kappa shape index (κ2) is 7.95. The van der Waals surface area contributed by atoms with Crippen molar-refractivity contribution in [3.05, 3.63) is 65.2 Å². The Hall–Kier alpha value is -1.36. The summed E-state index contributed by atoms with van der Waals surface area (Å²) in [4.78, 5) is 0.323. The van der Waals surface area contributed by atoms with Crippen LogP contribution in [0.3, 0.4) is 0 Å². The Labute approximate surface area is 144 Å². The fourth-order valence-electron chi connectivity index (χ4n) is 2.65. The maximum atomic E-state index is 12.7. The first-order valence-corrected chi connectivity index (χ1v) is 9.53. The van der Waals surface area contributed by atoms with Gasteiger partial charge in [0.05, 0.1) is 4.90 Å². The predicted molar refractivity (Wildman–Crippen MR) is 95.4 cm³/mol. The Kier molecular flexibility index (Phi) is 6.22. The summed E-state index contributed by atoms with van der Waals surface area (Å²) in [7, 11) is -1.84. The number of rotatable bonds is 7. The Bertz CT molecular complexity index is 732. The molecule has 3 nitrogen and oxygen atoms in total. The largest absolute Gasteiger partial charge is 0.242 e. The van der Waals surface area contributed by atoms with E-state index >= 15 is 0 Å². The van der Waals surface area contributed by atoms with Crippen LogP contribution in [-0.4, -0.2) is 26.3 Å². The van der Waals surface area contributed by atoms with Gasteiger partial charge >= 0.3 is 0 Å². The molecule has 0 aliphatic rings. The number of sulfonamides is 1. The van der Waals surface area contributed by atoms with E-state index in [0.29, 0.717) is 16.5 Å². The Morgan fingerprint density at radius 1 is 1.09 bits per heavy atom. The van der Waals surface area contributed by atoms with Crippen LogP contribution in [0.15, 0.2) is 59.5 Å². The summed E-state index contributed by atoms with van der Waals surface area (Å²) in [5, 5.41) is 0.678. The number of benzene rings is 2. The number of hydrogen-bond acceptors (Lipinski definition) is 2. The van der Waals surface area contributed by atoms with Crippen molar-refractivity contribution < 1.29 is 8.42 Å². The highest BCUT2D eigenvalue weighted by Gasteiger charge is 2.24. The van der Waals surface area contributed by atoms with Gasteiger partial charge in [0.2, 0.25) is 10.0 Å². The summed E-state index contributed by atoms with van der Waals surface area (Å²) in [6, 6.07) is 16.2. The van der Waals surface area contributed by atoms with Gasteiger partial charge in [-0.15, -0.1) is 0 Å². The van der Waals surface area contributed by atoms with Crippen LogP contribution in [0.4, 0.5) is 0 Å². The van der Waals surface area contributed by atoms with Crippen molar-refractivity contribution >= 4 is 21.6 Å². The van der Waals surface area contributed by atoms with Crippen LogP contribution in [0.1, 0.15) is 31.2 Å². The minimum absolute atomic E-state index is 0.127. The van der Waals surface area contributed by atoms with E-state index in [4.69, 9.17) is 11.6 Å². The molecular weight excluding hydrogens is 330 g/mol. The van der Waals surface area contributed by atoms with Gasteiger partial charge in [0, 0.05) is 18.6 Å². The van der Waals surface area contributed by atoms with Crippen molar-refractivity contribution in [2.75, 3.05) is 13.6 Å². The van der Waals surface area contributed by atoms with Crippen LogP contribution in [0.2, 0.25) is 5.02 Å². The molecule has 0 aliphatic carbocycles. The SMILES string of the molecule is CCCC(CN(C)S(=O)(=O)c1ccccc1)c1cccc(Cl)c1. The molecule has 1 unspecified atom stereocenters. The maximum Gasteiger partial charge on any atom is 0.242 e. The smallest absolute Gasteiger partial charge is 0.207 e. The summed E-state index contributed by atoms with van der Waals surface area (Å²) in [5.74, 6) is 0.127. The fraction of sp³-hybridized carbons (Fsp3) is 0.333. The number of hydrogen-bond donors (Lipinski definition) is 0. The first kappa shape index (κ1) is 18.0. The molecule has 0 fully saturated rings. The molecule has 0 amide bonds. The van der Waals surface area contributed by atoms with Gasteiger partial charge in [-0.25, -0.2) is 12.7 Å². The Morgan fingerprint density at radius 3 is 2.39 bits per heavy atom. The Morgan fingerprint density at radius 2 is 1.78 bits per heavy atom. The molecule has 0 spiro atoms. The maximum absolute atomic E-state index is 12.7. The molecule has 0 saturated carbocycles. The second-order valence-corrected chi connectivity index (χ2v) is 8.12. The van der Waals surface area contributed by atoms with Crippen molar-refractivity contribution in [1.82, 2.24) is 4.31 Å².